The lowest BCUT2D eigenvalue weighted by atomic mass is 10.2. The number of aromatic amines is 1. The Hall–Kier alpha value is -2.42. The second kappa shape index (κ2) is 4.61. The number of hydrogen-bond donors (Lipinski definition) is 2. The van der Waals surface area contributed by atoms with Gasteiger partial charge in [0.25, 0.3) is 0 Å². The molecule has 0 saturated carbocycles. The van der Waals surface area contributed by atoms with Gasteiger partial charge >= 0.3 is 0 Å². The highest BCUT2D eigenvalue weighted by molar-refractivity contribution is 5.49. The molecule has 0 saturated heterocycles. The van der Waals surface area contributed by atoms with E-state index in [4.69, 9.17) is 5.26 Å². The minimum atomic E-state index is -0.463. The Kier molecular flexibility index (Phi) is 3.01. The Morgan fingerprint density at radius 1 is 1.53 bits per heavy atom. The first-order valence-electron chi connectivity index (χ1n) is 5.02. The van der Waals surface area contributed by atoms with Gasteiger partial charge in [-0.15, -0.1) is 0 Å². The van der Waals surface area contributed by atoms with Crippen molar-refractivity contribution in [1.82, 2.24) is 15.2 Å². The maximum atomic E-state index is 13.6. The average Bonchev–Trinajstić information content (AvgIpc) is 2.85. The maximum absolute atomic E-state index is 13.6. The number of nitrogens with zero attached hydrogens (tertiary/aromatic N) is 3. The molecule has 0 bridgehead atoms. The Morgan fingerprint density at radius 2 is 2.35 bits per heavy atom. The predicted octanol–water partition coefficient (Wildman–Crippen LogP) is 1.99. The van der Waals surface area contributed by atoms with Crippen molar-refractivity contribution in [1.29, 1.82) is 5.26 Å². The van der Waals surface area contributed by atoms with Crippen molar-refractivity contribution in [3.05, 3.63) is 41.7 Å². The zero-order valence-corrected chi connectivity index (χ0v) is 9.11. The lowest BCUT2D eigenvalue weighted by molar-refractivity contribution is 0.625. The number of nitriles is 1. The highest BCUT2D eigenvalue weighted by Gasteiger charge is 2.11. The first-order valence-corrected chi connectivity index (χ1v) is 5.02. The average molecular weight is 231 g/mol. The van der Waals surface area contributed by atoms with E-state index in [2.05, 4.69) is 20.5 Å². The minimum Gasteiger partial charge on any atom is -0.373 e. The van der Waals surface area contributed by atoms with Crippen LogP contribution in [0, 0.1) is 17.1 Å². The minimum absolute atomic E-state index is 0.195. The van der Waals surface area contributed by atoms with Crippen LogP contribution in [0.5, 0.6) is 0 Å². The molecule has 0 aliphatic rings. The summed E-state index contributed by atoms with van der Waals surface area (Å²) >= 11 is 0. The molecule has 1 aromatic carbocycles. The summed E-state index contributed by atoms with van der Waals surface area (Å²) < 4.78 is 13.6. The van der Waals surface area contributed by atoms with Gasteiger partial charge in [0.2, 0.25) is 0 Å². The summed E-state index contributed by atoms with van der Waals surface area (Å²) in [4.78, 5) is 3.97. The van der Waals surface area contributed by atoms with E-state index in [0.29, 0.717) is 17.1 Å². The maximum Gasteiger partial charge on any atom is 0.147 e. The third kappa shape index (κ3) is 2.39. The fourth-order valence-corrected chi connectivity index (χ4v) is 1.43. The number of rotatable bonds is 3. The van der Waals surface area contributed by atoms with Gasteiger partial charge in [-0.2, -0.15) is 10.4 Å². The van der Waals surface area contributed by atoms with E-state index in [0.717, 1.165) is 0 Å². The number of aromatic nitrogens is 3. The summed E-state index contributed by atoms with van der Waals surface area (Å²) in [6.07, 6.45) is 1.39. The van der Waals surface area contributed by atoms with Crippen molar-refractivity contribution in [2.45, 2.75) is 13.0 Å². The molecule has 6 heteroatoms. The molecule has 1 unspecified atom stereocenters. The van der Waals surface area contributed by atoms with Crippen LogP contribution >= 0.6 is 0 Å². The molecule has 2 aromatic rings. The molecule has 2 N–H and O–H groups in total. The number of hydrogen-bond acceptors (Lipinski definition) is 4. The number of benzene rings is 1. The lowest BCUT2D eigenvalue weighted by Crippen LogP contribution is -2.09. The van der Waals surface area contributed by atoms with Gasteiger partial charge < -0.3 is 5.32 Å². The monoisotopic (exact) mass is 231 g/mol. The fourth-order valence-electron chi connectivity index (χ4n) is 1.43. The van der Waals surface area contributed by atoms with Crippen LogP contribution in [-0.4, -0.2) is 15.2 Å². The predicted molar refractivity (Wildman–Crippen MR) is 59.5 cm³/mol. The number of halogens is 1. The Labute approximate surface area is 97.3 Å². The van der Waals surface area contributed by atoms with Crippen LogP contribution in [0.2, 0.25) is 0 Å². The smallest absolute Gasteiger partial charge is 0.147 e. The molecule has 1 heterocycles. The molecule has 0 radical (unpaired) electrons. The van der Waals surface area contributed by atoms with Gasteiger partial charge in [-0.3, -0.25) is 5.10 Å². The second-order valence-corrected chi connectivity index (χ2v) is 3.54. The molecule has 17 heavy (non-hydrogen) atoms. The van der Waals surface area contributed by atoms with Gasteiger partial charge in [0.05, 0.1) is 23.4 Å². The van der Waals surface area contributed by atoms with Crippen LogP contribution in [0.15, 0.2) is 24.5 Å². The summed E-state index contributed by atoms with van der Waals surface area (Å²) in [7, 11) is 0. The number of nitrogens with one attached hydrogen (secondary N) is 2. The van der Waals surface area contributed by atoms with E-state index in [1.165, 1.54) is 18.5 Å². The summed E-state index contributed by atoms with van der Waals surface area (Å²) in [5.41, 5.74) is 0.619. The molecule has 5 nitrogen and oxygen atoms in total. The fraction of sp³-hybridized carbons (Fsp3) is 0.182. The first-order chi connectivity index (χ1) is 8.20. The van der Waals surface area contributed by atoms with Crippen molar-refractivity contribution >= 4 is 5.69 Å². The summed E-state index contributed by atoms with van der Waals surface area (Å²) in [6.45, 7) is 1.83. The van der Waals surface area contributed by atoms with E-state index >= 15 is 0 Å². The third-order valence-corrected chi connectivity index (χ3v) is 2.31. The van der Waals surface area contributed by atoms with Crippen molar-refractivity contribution in [3.63, 3.8) is 0 Å². The van der Waals surface area contributed by atoms with Gasteiger partial charge in [-0.05, 0) is 25.1 Å². The molecule has 86 valence electrons. The molecule has 0 aliphatic heterocycles. The molecular weight excluding hydrogens is 221 g/mol. The summed E-state index contributed by atoms with van der Waals surface area (Å²) in [5, 5.41) is 18.0. The number of anilines is 1. The highest BCUT2D eigenvalue weighted by Crippen LogP contribution is 2.20. The van der Waals surface area contributed by atoms with Crippen LogP contribution in [0.3, 0.4) is 0 Å². The van der Waals surface area contributed by atoms with Crippen LogP contribution < -0.4 is 5.32 Å². The van der Waals surface area contributed by atoms with Crippen molar-refractivity contribution in [3.8, 4) is 6.07 Å². The topological polar surface area (TPSA) is 77.4 Å². The first kappa shape index (κ1) is 11.1. The Morgan fingerprint density at radius 3 is 2.94 bits per heavy atom. The van der Waals surface area contributed by atoms with E-state index in [1.54, 1.807) is 6.07 Å². The van der Waals surface area contributed by atoms with Crippen LogP contribution in [0.25, 0.3) is 0 Å². The van der Waals surface area contributed by atoms with Gasteiger partial charge in [-0.25, -0.2) is 9.37 Å². The largest absolute Gasteiger partial charge is 0.373 e. The van der Waals surface area contributed by atoms with Crippen LogP contribution in [0.4, 0.5) is 10.1 Å². The van der Waals surface area contributed by atoms with Crippen molar-refractivity contribution in [2.75, 3.05) is 5.32 Å². The quantitative estimate of drug-likeness (QED) is 0.846. The van der Waals surface area contributed by atoms with E-state index < -0.39 is 5.82 Å². The molecule has 2 rings (SSSR count). The summed E-state index contributed by atoms with van der Waals surface area (Å²) in [5.74, 6) is 0.157. The van der Waals surface area contributed by atoms with E-state index in [-0.39, 0.29) is 6.04 Å². The van der Waals surface area contributed by atoms with Crippen LogP contribution in [0.1, 0.15) is 24.4 Å². The molecule has 0 spiro atoms. The molecular formula is C11H10FN5. The van der Waals surface area contributed by atoms with E-state index in [9.17, 15) is 4.39 Å². The third-order valence-electron chi connectivity index (χ3n) is 2.31. The Bertz CT molecular complexity index is 543. The molecule has 0 aliphatic carbocycles. The van der Waals surface area contributed by atoms with Gasteiger partial charge in [0.1, 0.15) is 18.0 Å². The lowest BCUT2D eigenvalue weighted by Gasteiger charge is -2.13. The molecule has 1 atom stereocenters. The zero-order valence-electron chi connectivity index (χ0n) is 9.11. The molecule has 0 amide bonds. The standard InChI is InChI=1S/C11H10FN5/c1-7(11-14-6-15-17-11)16-10-3-2-8(5-13)4-9(10)12/h2-4,6-7,16H,1H3,(H,14,15,17). The summed E-state index contributed by atoms with van der Waals surface area (Å²) in [6, 6.07) is 5.96. The van der Waals surface area contributed by atoms with Gasteiger partial charge in [-0.1, -0.05) is 0 Å². The highest BCUT2D eigenvalue weighted by atomic mass is 19.1. The van der Waals surface area contributed by atoms with Gasteiger partial charge in [0, 0.05) is 0 Å². The van der Waals surface area contributed by atoms with Crippen LogP contribution in [-0.2, 0) is 0 Å². The van der Waals surface area contributed by atoms with Gasteiger partial charge in [0.15, 0.2) is 0 Å². The normalized spacial score (nSPS) is 11.8. The van der Waals surface area contributed by atoms with Crippen molar-refractivity contribution < 1.29 is 4.39 Å². The Balaban J connectivity index is 2.17. The number of H-pyrrole nitrogens is 1. The zero-order chi connectivity index (χ0) is 12.3. The molecule has 0 fully saturated rings. The second-order valence-electron chi connectivity index (χ2n) is 3.54. The molecule has 1 aromatic heterocycles. The van der Waals surface area contributed by atoms with Crippen molar-refractivity contribution in [2.24, 2.45) is 0 Å². The van der Waals surface area contributed by atoms with E-state index in [1.807, 2.05) is 13.0 Å². The SMILES string of the molecule is CC(Nc1ccc(C#N)cc1F)c1ncn[nH]1.